The van der Waals surface area contributed by atoms with Crippen LogP contribution < -0.4 is 10.6 Å². The number of nitrogens with zero attached hydrogens (tertiary/aromatic N) is 1. The largest absolute Gasteiger partial charge is 0.351 e. The summed E-state index contributed by atoms with van der Waals surface area (Å²) in [5.74, 6) is 0.291. The van der Waals surface area contributed by atoms with Gasteiger partial charge >= 0.3 is 0 Å². The molecule has 2 unspecified atom stereocenters. The van der Waals surface area contributed by atoms with Gasteiger partial charge in [0.15, 0.2) is 0 Å². The Kier molecular flexibility index (Phi) is 4.99. The standard InChI is InChI=1S/C12H21N3O2.ClH/c1-12(5-6-13-8-12)11(17)14-9-3-4-10(16)15(2)7-9;/h9,13H,3-8H2,1-2H3,(H,14,17);1H. The van der Waals surface area contributed by atoms with Crippen molar-refractivity contribution in [2.45, 2.75) is 32.2 Å². The Morgan fingerprint density at radius 2 is 2.28 bits per heavy atom. The summed E-state index contributed by atoms with van der Waals surface area (Å²) in [6.07, 6.45) is 2.19. The summed E-state index contributed by atoms with van der Waals surface area (Å²) in [5, 5.41) is 6.30. The zero-order valence-electron chi connectivity index (χ0n) is 11.0. The minimum atomic E-state index is -0.278. The van der Waals surface area contributed by atoms with Gasteiger partial charge in [0.25, 0.3) is 0 Å². The Hall–Kier alpha value is -0.810. The summed E-state index contributed by atoms with van der Waals surface area (Å²) >= 11 is 0. The summed E-state index contributed by atoms with van der Waals surface area (Å²) in [6.45, 7) is 4.29. The Balaban J connectivity index is 0.00000162. The third-order valence-corrected chi connectivity index (χ3v) is 3.88. The van der Waals surface area contributed by atoms with Crippen molar-refractivity contribution in [1.29, 1.82) is 0 Å². The summed E-state index contributed by atoms with van der Waals surface area (Å²) in [4.78, 5) is 25.2. The van der Waals surface area contributed by atoms with Crippen molar-refractivity contribution in [3.8, 4) is 0 Å². The number of hydrogen-bond acceptors (Lipinski definition) is 3. The van der Waals surface area contributed by atoms with Gasteiger partial charge in [-0.1, -0.05) is 0 Å². The SMILES string of the molecule is CN1CC(NC(=O)C2(C)CCNC2)CCC1=O.Cl. The molecule has 2 fully saturated rings. The van der Waals surface area contributed by atoms with Gasteiger partial charge in [-0.05, 0) is 26.3 Å². The summed E-state index contributed by atoms with van der Waals surface area (Å²) < 4.78 is 0. The molecule has 0 bridgehead atoms. The number of halogens is 1. The number of amides is 2. The van der Waals surface area contributed by atoms with Crippen LogP contribution in [-0.4, -0.2) is 49.4 Å². The fraction of sp³-hybridized carbons (Fsp3) is 0.833. The molecule has 0 aromatic carbocycles. The lowest BCUT2D eigenvalue weighted by Crippen LogP contribution is -2.52. The number of carbonyl (C=O) groups excluding carboxylic acids is 2. The van der Waals surface area contributed by atoms with E-state index in [1.165, 1.54) is 0 Å². The lowest BCUT2D eigenvalue weighted by atomic mass is 9.88. The molecule has 18 heavy (non-hydrogen) atoms. The van der Waals surface area contributed by atoms with Crippen LogP contribution in [0.25, 0.3) is 0 Å². The van der Waals surface area contributed by atoms with Crippen LogP contribution in [0.4, 0.5) is 0 Å². The van der Waals surface area contributed by atoms with Crippen LogP contribution in [0.2, 0.25) is 0 Å². The fourth-order valence-electron chi connectivity index (χ4n) is 2.50. The van der Waals surface area contributed by atoms with Gasteiger partial charge in [0.2, 0.25) is 11.8 Å². The molecule has 2 rings (SSSR count). The van der Waals surface area contributed by atoms with Crippen LogP contribution in [0.1, 0.15) is 26.2 Å². The van der Waals surface area contributed by atoms with Gasteiger partial charge in [-0.2, -0.15) is 0 Å². The normalized spacial score (nSPS) is 32.0. The van der Waals surface area contributed by atoms with E-state index in [0.29, 0.717) is 13.0 Å². The third kappa shape index (κ3) is 3.14. The van der Waals surface area contributed by atoms with Crippen molar-refractivity contribution in [1.82, 2.24) is 15.5 Å². The first-order valence-corrected chi connectivity index (χ1v) is 6.27. The van der Waals surface area contributed by atoms with Crippen molar-refractivity contribution in [2.75, 3.05) is 26.7 Å². The van der Waals surface area contributed by atoms with E-state index >= 15 is 0 Å². The topological polar surface area (TPSA) is 61.4 Å². The number of carbonyl (C=O) groups is 2. The maximum absolute atomic E-state index is 12.2. The molecule has 0 aromatic rings. The molecule has 2 aliphatic rings. The molecule has 0 saturated carbocycles. The number of likely N-dealkylation sites (N-methyl/N-ethyl adjacent to an activating group) is 1. The second-order valence-corrected chi connectivity index (χ2v) is 5.47. The molecule has 2 heterocycles. The molecule has 2 atom stereocenters. The molecule has 2 N–H and O–H groups in total. The molecule has 104 valence electrons. The first-order chi connectivity index (χ1) is 8.01. The van der Waals surface area contributed by atoms with Crippen LogP contribution >= 0.6 is 12.4 Å². The highest BCUT2D eigenvalue weighted by atomic mass is 35.5. The number of nitrogens with one attached hydrogen (secondary N) is 2. The molecule has 0 aromatic heterocycles. The molecule has 6 heteroatoms. The minimum absolute atomic E-state index is 0. The number of rotatable bonds is 2. The third-order valence-electron chi connectivity index (χ3n) is 3.88. The molecule has 0 aliphatic carbocycles. The van der Waals surface area contributed by atoms with Crippen molar-refractivity contribution < 1.29 is 9.59 Å². The Bertz CT molecular complexity index is 329. The minimum Gasteiger partial charge on any atom is -0.351 e. The summed E-state index contributed by atoms with van der Waals surface area (Å²) in [5.41, 5.74) is -0.278. The van der Waals surface area contributed by atoms with E-state index in [1.807, 2.05) is 6.92 Å². The smallest absolute Gasteiger partial charge is 0.227 e. The molecule has 5 nitrogen and oxygen atoms in total. The van der Waals surface area contributed by atoms with E-state index in [4.69, 9.17) is 0 Å². The molecular weight excluding hydrogens is 254 g/mol. The molecule has 0 spiro atoms. The number of likely N-dealkylation sites (tertiary alicyclic amines) is 1. The van der Waals surface area contributed by atoms with Crippen LogP contribution in [0.5, 0.6) is 0 Å². The van der Waals surface area contributed by atoms with E-state index in [0.717, 1.165) is 25.9 Å². The van der Waals surface area contributed by atoms with Gasteiger partial charge in [0.05, 0.1) is 5.41 Å². The lowest BCUT2D eigenvalue weighted by Gasteiger charge is -2.32. The number of hydrogen-bond donors (Lipinski definition) is 2. The van der Waals surface area contributed by atoms with E-state index < -0.39 is 0 Å². The summed E-state index contributed by atoms with van der Waals surface area (Å²) in [7, 11) is 1.79. The van der Waals surface area contributed by atoms with E-state index in [9.17, 15) is 9.59 Å². The van der Waals surface area contributed by atoms with Crippen molar-refractivity contribution >= 4 is 24.2 Å². The predicted molar refractivity (Wildman–Crippen MR) is 71.6 cm³/mol. The Morgan fingerprint density at radius 1 is 1.56 bits per heavy atom. The molecule has 2 saturated heterocycles. The second kappa shape index (κ2) is 5.89. The van der Waals surface area contributed by atoms with Gasteiger partial charge in [0.1, 0.15) is 0 Å². The van der Waals surface area contributed by atoms with Crippen LogP contribution in [0.3, 0.4) is 0 Å². The highest BCUT2D eigenvalue weighted by molar-refractivity contribution is 5.85. The van der Waals surface area contributed by atoms with Crippen LogP contribution in [0.15, 0.2) is 0 Å². The lowest BCUT2D eigenvalue weighted by molar-refractivity contribution is -0.135. The van der Waals surface area contributed by atoms with Gasteiger partial charge in [-0.25, -0.2) is 0 Å². The highest BCUT2D eigenvalue weighted by Gasteiger charge is 2.37. The predicted octanol–water partition coefficient (Wildman–Crippen LogP) is 0.145. The molecule has 2 aliphatic heterocycles. The van der Waals surface area contributed by atoms with Crippen molar-refractivity contribution in [3.05, 3.63) is 0 Å². The van der Waals surface area contributed by atoms with Crippen molar-refractivity contribution in [2.24, 2.45) is 5.41 Å². The zero-order chi connectivity index (χ0) is 12.5. The van der Waals surface area contributed by atoms with E-state index in [2.05, 4.69) is 10.6 Å². The summed E-state index contributed by atoms with van der Waals surface area (Å²) in [6, 6.07) is 0.114. The molecular formula is C12H22ClN3O2. The average Bonchev–Trinajstić information content (AvgIpc) is 2.72. The fourth-order valence-corrected chi connectivity index (χ4v) is 2.50. The average molecular weight is 276 g/mol. The van der Waals surface area contributed by atoms with Gasteiger partial charge < -0.3 is 15.5 Å². The number of piperidine rings is 1. The second-order valence-electron chi connectivity index (χ2n) is 5.47. The van der Waals surface area contributed by atoms with Crippen LogP contribution in [0, 0.1) is 5.41 Å². The van der Waals surface area contributed by atoms with Crippen molar-refractivity contribution in [3.63, 3.8) is 0 Å². The van der Waals surface area contributed by atoms with Gasteiger partial charge in [0, 0.05) is 32.6 Å². The Labute approximate surface area is 114 Å². The Morgan fingerprint density at radius 3 is 2.83 bits per heavy atom. The zero-order valence-corrected chi connectivity index (χ0v) is 11.8. The van der Waals surface area contributed by atoms with E-state index in [-0.39, 0.29) is 35.7 Å². The quantitative estimate of drug-likeness (QED) is 0.754. The first kappa shape index (κ1) is 15.2. The van der Waals surface area contributed by atoms with E-state index in [1.54, 1.807) is 11.9 Å². The highest BCUT2D eigenvalue weighted by Crippen LogP contribution is 2.25. The molecule has 2 amide bonds. The van der Waals surface area contributed by atoms with Crippen LogP contribution in [-0.2, 0) is 9.59 Å². The monoisotopic (exact) mass is 275 g/mol. The maximum atomic E-state index is 12.2. The molecule has 0 radical (unpaired) electrons. The van der Waals surface area contributed by atoms with Gasteiger partial charge in [-0.3, -0.25) is 9.59 Å². The first-order valence-electron chi connectivity index (χ1n) is 6.27. The maximum Gasteiger partial charge on any atom is 0.227 e. The van der Waals surface area contributed by atoms with Gasteiger partial charge in [-0.15, -0.1) is 12.4 Å².